The van der Waals surface area contributed by atoms with E-state index < -0.39 is 0 Å². The number of benzene rings is 1. The first kappa shape index (κ1) is 9.74. The van der Waals surface area contributed by atoms with E-state index in [-0.39, 0.29) is 0 Å². The van der Waals surface area contributed by atoms with Crippen molar-refractivity contribution in [3.63, 3.8) is 0 Å². The van der Waals surface area contributed by atoms with Gasteiger partial charge in [0.25, 0.3) is 0 Å². The van der Waals surface area contributed by atoms with Crippen LogP contribution in [0.5, 0.6) is 0 Å². The number of rotatable bonds is 3. The second-order valence-corrected chi connectivity index (χ2v) is 5.85. The van der Waals surface area contributed by atoms with E-state index in [0.717, 1.165) is 5.75 Å². The van der Waals surface area contributed by atoms with Crippen LogP contribution in [0.2, 0.25) is 0 Å². The maximum Gasteiger partial charge on any atom is 0.0193 e. The van der Waals surface area contributed by atoms with Crippen molar-refractivity contribution in [1.29, 1.82) is 0 Å². The molecule has 1 rings (SSSR count). The van der Waals surface area contributed by atoms with Crippen molar-refractivity contribution < 1.29 is 0 Å². The summed E-state index contributed by atoms with van der Waals surface area (Å²) in [6.07, 6.45) is 0. The molecule has 0 radical (unpaired) electrons. The summed E-state index contributed by atoms with van der Waals surface area (Å²) >= 11 is 2.33. The van der Waals surface area contributed by atoms with Crippen LogP contribution >= 0.6 is 44.2 Å². The molecule has 0 unspecified atom stereocenters. The van der Waals surface area contributed by atoms with E-state index in [2.05, 4.69) is 53.8 Å². The van der Waals surface area contributed by atoms with Gasteiger partial charge in [0.15, 0.2) is 0 Å². The third-order valence-electron chi connectivity index (χ3n) is 1.07. The van der Waals surface area contributed by atoms with Crippen LogP contribution in [0.3, 0.4) is 0 Å². The van der Waals surface area contributed by atoms with Gasteiger partial charge in [-0.25, -0.2) is 0 Å². The molecule has 1 aromatic rings. The average Bonchev–Trinajstić information content (AvgIpc) is 2.01. The van der Waals surface area contributed by atoms with Gasteiger partial charge in [-0.2, -0.15) is 0 Å². The molecule has 0 fully saturated rings. The molecule has 0 bridgehead atoms. The van der Waals surface area contributed by atoms with Crippen molar-refractivity contribution in [2.75, 3.05) is 5.75 Å². The SMILES string of the molecule is CCSSc1cccc(I)c1. The van der Waals surface area contributed by atoms with Crippen LogP contribution in [-0.2, 0) is 0 Å². The average molecular weight is 296 g/mol. The second kappa shape index (κ2) is 5.32. The molecular weight excluding hydrogens is 287 g/mol. The van der Waals surface area contributed by atoms with E-state index in [9.17, 15) is 0 Å². The Hall–Kier alpha value is 0.650. The topological polar surface area (TPSA) is 0 Å². The van der Waals surface area contributed by atoms with Gasteiger partial charge in [0, 0.05) is 14.2 Å². The number of hydrogen-bond acceptors (Lipinski definition) is 2. The van der Waals surface area contributed by atoms with Gasteiger partial charge in [-0.3, -0.25) is 0 Å². The van der Waals surface area contributed by atoms with Crippen molar-refractivity contribution in [2.24, 2.45) is 0 Å². The molecule has 0 aliphatic carbocycles. The van der Waals surface area contributed by atoms with Gasteiger partial charge in [0.2, 0.25) is 0 Å². The first-order valence-electron chi connectivity index (χ1n) is 3.38. The highest BCUT2D eigenvalue weighted by Crippen LogP contribution is 2.30. The lowest BCUT2D eigenvalue weighted by molar-refractivity contribution is 1.44. The first-order valence-corrected chi connectivity index (χ1v) is 6.77. The number of halogens is 1. The fraction of sp³-hybridized carbons (Fsp3) is 0.250. The van der Waals surface area contributed by atoms with Crippen molar-refractivity contribution in [2.45, 2.75) is 11.8 Å². The summed E-state index contributed by atoms with van der Waals surface area (Å²) in [5, 5.41) is 0. The largest absolute Gasteiger partial charge is 0.0892 e. The Morgan fingerprint density at radius 3 is 2.91 bits per heavy atom. The van der Waals surface area contributed by atoms with Crippen LogP contribution in [0.1, 0.15) is 6.92 Å². The van der Waals surface area contributed by atoms with Crippen molar-refractivity contribution in [3.8, 4) is 0 Å². The standard InChI is InChI=1S/C8H9IS2/c1-2-10-11-8-5-3-4-7(9)6-8/h3-6H,2H2,1H3. The summed E-state index contributed by atoms with van der Waals surface area (Å²) in [6.45, 7) is 2.17. The van der Waals surface area contributed by atoms with E-state index in [0.29, 0.717) is 0 Å². The molecule has 11 heavy (non-hydrogen) atoms. The van der Waals surface area contributed by atoms with Crippen molar-refractivity contribution in [3.05, 3.63) is 27.8 Å². The van der Waals surface area contributed by atoms with Crippen LogP contribution < -0.4 is 0 Å². The summed E-state index contributed by atoms with van der Waals surface area (Å²) in [5.74, 6) is 1.16. The third kappa shape index (κ3) is 3.71. The molecule has 0 aliphatic rings. The zero-order valence-corrected chi connectivity index (χ0v) is 10.0. The van der Waals surface area contributed by atoms with Crippen LogP contribution in [0.25, 0.3) is 0 Å². The van der Waals surface area contributed by atoms with Gasteiger partial charge in [0.05, 0.1) is 0 Å². The van der Waals surface area contributed by atoms with Crippen LogP contribution in [-0.4, -0.2) is 5.75 Å². The maximum atomic E-state index is 2.33. The molecule has 0 spiro atoms. The molecule has 0 saturated carbocycles. The lowest BCUT2D eigenvalue weighted by atomic mass is 10.4. The maximum absolute atomic E-state index is 2.33. The lowest BCUT2D eigenvalue weighted by Crippen LogP contribution is -1.71. The lowest BCUT2D eigenvalue weighted by Gasteiger charge is -1.97. The second-order valence-electron chi connectivity index (χ2n) is 1.95. The van der Waals surface area contributed by atoms with Gasteiger partial charge in [-0.1, -0.05) is 34.6 Å². The monoisotopic (exact) mass is 296 g/mol. The Bertz CT molecular complexity index is 225. The zero-order chi connectivity index (χ0) is 8.10. The zero-order valence-electron chi connectivity index (χ0n) is 6.21. The van der Waals surface area contributed by atoms with Crippen molar-refractivity contribution >= 4 is 44.2 Å². The minimum atomic E-state index is 1.16. The number of hydrogen-bond donors (Lipinski definition) is 0. The van der Waals surface area contributed by atoms with E-state index in [1.807, 2.05) is 21.6 Å². The Morgan fingerprint density at radius 1 is 1.45 bits per heavy atom. The molecule has 3 heteroatoms. The summed E-state index contributed by atoms with van der Waals surface area (Å²) < 4.78 is 1.31. The molecule has 0 heterocycles. The Morgan fingerprint density at radius 2 is 2.27 bits per heavy atom. The van der Waals surface area contributed by atoms with E-state index in [1.165, 1.54) is 8.47 Å². The predicted octanol–water partition coefficient (Wildman–Crippen LogP) is 4.05. The Balaban J connectivity index is 2.56. The molecule has 0 amide bonds. The highest BCUT2D eigenvalue weighted by atomic mass is 127. The minimum Gasteiger partial charge on any atom is -0.0892 e. The summed E-state index contributed by atoms with van der Waals surface area (Å²) in [5.41, 5.74) is 0. The minimum absolute atomic E-state index is 1.16. The molecule has 0 nitrogen and oxygen atoms in total. The van der Waals surface area contributed by atoms with Gasteiger partial charge >= 0.3 is 0 Å². The molecule has 0 aromatic heterocycles. The van der Waals surface area contributed by atoms with E-state index >= 15 is 0 Å². The highest BCUT2D eigenvalue weighted by Gasteiger charge is 1.92. The Labute approximate surface area is 89.1 Å². The first-order chi connectivity index (χ1) is 5.33. The van der Waals surface area contributed by atoms with Gasteiger partial charge in [-0.15, -0.1) is 0 Å². The fourth-order valence-electron chi connectivity index (χ4n) is 0.646. The van der Waals surface area contributed by atoms with Gasteiger partial charge in [0.1, 0.15) is 0 Å². The predicted molar refractivity (Wildman–Crippen MR) is 63.1 cm³/mol. The molecule has 0 N–H and O–H groups in total. The summed E-state index contributed by atoms with van der Waals surface area (Å²) in [4.78, 5) is 1.35. The molecule has 1 aromatic carbocycles. The quantitative estimate of drug-likeness (QED) is 0.609. The van der Waals surface area contributed by atoms with Crippen LogP contribution in [0, 0.1) is 3.57 Å². The smallest absolute Gasteiger partial charge is 0.0193 e. The molecule has 0 saturated heterocycles. The van der Waals surface area contributed by atoms with Crippen molar-refractivity contribution in [1.82, 2.24) is 0 Å². The van der Waals surface area contributed by atoms with E-state index in [4.69, 9.17) is 0 Å². The normalized spacial score (nSPS) is 10.0. The molecular formula is C8H9IS2. The third-order valence-corrected chi connectivity index (χ3v) is 4.18. The highest BCUT2D eigenvalue weighted by molar-refractivity contribution is 14.1. The molecule has 60 valence electrons. The fourth-order valence-corrected chi connectivity index (χ4v) is 3.04. The van der Waals surface area contributed by atoms with E-state index in [1.54, 1.807) is 0 Å². The molecule has 0 atom stereocenters. The summed E-state index contributed by atoms with van der Waals surface area (Å²) in [7, 11) is 3.73. The molecule has 0 aliphatic heterocycles. The van der Waals surface area contributed by atoms with Gasteiger partial charge in [-0.05, 0) is 40.8 Å². The van der Waals surface area contributed by atoms with Crippen LogP contribution in [0.4, 0.5) is 0 Å². The summed E-state index contributed by atoms with van der Waals surface area (Å²) in [6, 6.07) is 8.56. The van der Waals surface area contributed by atoms with Gasteiger partial charge < -0.3 is 0 Å². The Kier molecular flexibility index (Phi) is 4.71. The van der Waals surface area contributed by atoms with Crippen LogP contribution in [0.15, 0.2) is 29.2 Å².